The lowest BCUT2D eigenvalue weighted by Gasteiger charge is -2.47. The Labute approximate surface area is 210 Å². The summed E-state index contributed by atoms with van der Waals surface area (Å²) in [5, 5.41) is 51.2. The van der Waals surface area contributed by atoms with E-state index < -0.39 is 77.1 Å². The van der Waals surface area contributed by atoms with Gasteiger partial charge in [-0.25, -0.2) is 0 Å². The Morgan fingerprint density at radius 3 is 1.92 bits per heavy atom. The van der Waals surface area contributed by atoms with Crippen molar-refractivity contribution in [1.29, 1.82) is 0 Å². The summed E-state index contributed by atoms with van der Waals surface area (Å²) < 4.78 is 0. The van der Waals surface area contributed by atoms with Crippen molar-refractivity contribution in [3.05, 3.63) is 47.0 Å². The second-order valence-electron chi connectivity index (χ2n) is 9.16. The average molecular weight is 517 g/mol. The molecule has 1 aromatic carbocycles. The molecule has 0 aliphatic carbocycles. The summed E-state index contributed by atoms with van der Waals surface area (Å²) in [4.78, 5) is 75.9. The molecule has 198 valence electrons. The Bertz CT molecular complexity index is 1170. The lowest BCUT2D eigenvalue weighted by molar-refractivity contribution is -0.170. The number of aliphatic carboxylic acids is 4. The molecule has 0 saturated heterocycles. The van der Waals surface area contributed by atoms with E-state index in [1.54, 1.807) is 0 Å². The number of carboxylic acids is 4. The number of fused-ring (bicyclic) bond motifs is 3. The Hall–Kier alpha value is -4.06. The van der Waals surface area contributed by atoms with Gasteiger partial charge in [0.15, 0.2) is 11.5 Å². The first-order valence-electron chi connectivity index (χ1n) is 11.7. The van der Waals surface area contributed by atoms with Crippen LogP contribution in [-0.4, -0.2) is 71.5 Å². The smallest absolute Gasteiger partial charge is 0.309 e. The van der Waals surface area contributed by atoms with E-state index in [2.05, 4.69) is 0 Å². The van der Waals surface area contributed by atoms with E-state index in [0.717, 1.165) is 12.5 Å². The van der Waals surface area contributed by atoms with Gasteiger partial charge < -0.3 is 25.5 Å². The molecule has 12 nitrogen and oxygen atoms in total. The van der Waals surface area contributed by atoms with Crippen LogP contribution in [0.5, 0.6) is 0 Å². The van der Waals surface area contributed by atoms with Crippen LogP contribution in [-0.2, 0) is 29.7 Å². The number of carboxylic acid groups (broad SMARTS) is 4. The number of unbranched alkanes of at least 4 members (excludes halogenated alkanes) is 2. The molecule has 2 aliphatic rings. The molecule has 2 heterocycles. The van der Waals surface area contributed by atoms with Crippen molar-refractivity contribution in [2.24, 2.45) is 11.8 Å². The van der Waals surface area contributed by atoms with Crippen molar-refractivity contribution in [2.75, 3.05) is 0 Å². The molecule has 0 aromatic heterocycles. The van der Waals surface area contributed by atoms with E-state index >= 15 is 0 Å². The van der Waals surface area contributed by atoms with Crippen LogP contribution < -0.4 is 0 Å². The van der Waals surface area contributed by atoms with E-state index in [9.17, 15) is 54.3 Å². The summed E-state index contributed by atoms with van der Waals surface area (Å²) in [6.45, 7) is 1.89. The van der Waals surface area contributed by atoms with Gasteiger partial charge in [-0.3, -0.25) is 33.7 Å². The topological polar surface area (TPSA) is 207 Å². The van der Waals surface area contributed by atoms with Crippen LogP contribution in [0.15, 0.2) is 35.9 Å². The third-order valence-corrected chi connectivity index (χ3v) is 6.98. The zero-order valence-corrected chi connectivity index (χ0v) is 19.9. The van der Waals surface area contributed by atoms with E-state index in [4.69, 9.17) is 0 Å². The molecule has 0 bridgehead atoms. The number of amides is 1. The third-order valence-electron chi connectivity index (χ3n) is 6.98. The SMILES string of the molecule is CCCCCC(=O)C1=CC(C(CC(=O)O)C(=O)O)(C(CC(=O)O)C(=O)O)N2C(=O)c3ccccc3C12O. The first-order chi connectivity index (χ1) is 17.3. The van der Waals surface area contributed by atoms with Crippen molar-refractivity contribution in [3.63, 3.8) is 0 Å². The van der Waals surface area contributed by atoms with Crippen LogP contribution in [0.2, 0.25) is 0 Å². The van der Waals surface area contributed by atoms with Gasteiger partial charge >= 0.3 is 23.9 Å². The number of carbonyl (C=O) groups excluding carboxylic acids is 2. The lowest BCUT2D eigenvalue weighted by atomic mass is 9.70. The number of aliphatic hydroxyl groups is 1. The highest BCUT2D eigenvalue weighted by Crippen LogP contribution is 2.57. The first-order valence-corrected chi connectivity index (χ1v) is 11.7. The molecule has 0 spiro atoms. The number of ketones is 1. The molecular formula is C25H27NO11. The first kappa shape index (κ1) is 27.5. The van der Waals surface area contributed by atoms with Gasteiger partial charge in [-0.15, -0.1) is 0 Å². The molecule has 5 N–H and O–H groups in total. The number of nitrogens with zero attached hydrogens (tertiary/aromatic N) is 1. The van der Waals surface area contributed by atoms with E-state index in [0.29, 0.717) is 17.7 Å². The summed E-state index contributed by atoms with van der Waals surface area (Å²) in [5.74, 6) is -13.2. The molecule has 2 aliphatic heterocycles. The number of carbonyl (C=O) groups is 6. The highest BCUT2D eigenvalue weighted by molar-refractivity contribution is 6.08. The quantitative estimate of drug-likeness (QED) is 0.237. The van der Waals surface area contributed by atoms with Gasteiger partial charge in [0.05, 0.1) is 35.8 Å². The zero-order valence-electron chi connectivity index (χ0n) is 19.9. The number of benzene rings is 1. The maximum Gasteiger partial charge on any atom is 0.309 e. The lowest BCUT2D eigenvalue weighted by Crippen LogP contribution is -2.64. The van der Waals surface area contributed by atoms with Gasteiger partial charge in [0.1, 0.15) is 0 Å². The number of hydrogen-bond acceptors (Lipinski definition) is 7. The summed E-state index contributed by atoms with van der Waals surface area (Å²) >= 11 is 0. The van der Waals surface area contributed by atoms with Gasteiger partial charge in [-0.05, 0) is 18.6 Å². The number of Topliss-reactive ketones (excluding diaryl/α,β-unsaturated/α-hetero) is 1. The fourth-order valence-electron chi connectivity index (χ4n) is 5.43. The number of hydrogen-bond donors (Lipinski definition) is 5. The molecule has 0 fully saturated rings. The molecule has 0 saturated carbocycles. The van der Waals surface area contributed by atoms with Gasteiger partial charge in [-0.2, -0.15) is 0 Å². The van der Waals surface area contributed by atoms with Crippen LogP contribution in [0.25, 0.3) is 0 Å². The van der Waals surface area contributed by atoms with E-state index in [-0.39, 0.29) is 17.5 Å². The Morgan fingerprint density at radius 2 is 1.43 bits per heavy atom. The normalized spacial score (nSPS) is 23.6. The van der Waals surface area contributed by atoms with Gasteiger partial charge in [0.2, 0.25) is 0 Å². The van der Waals surface area contributed by atoms with E-state index in [1.165, 1.54) is 24.3 Å². The molecule has 0 radical (unpaired) electrons. The molecule has 12 heteroatoms. The summed E-state index contributed by atoms with van der Waals surface area (Å²) in [6.07, 6.45) is 0.00268. The summed E-state index contributed by atoms with van der Waals surface area (Å²) in [7, 11) is 0. The molecule has 3 unspecified atom stereocenters. The van der Waals surface area contributed by atoms with Crippen LogP contribution >= 0.6 is 0 Å². The maximum absolute atomic E-state index is 13.7. The van der Waals surface area contributed by atoms with Crippen LogP contribution in [0.1, 0.15) is 61.4 Å². The molecule has 37 heavy (non-hydrogen) atoms. The van der Waals surface area contributed by atoms with Gasteiger partial charge in [-0.1, -0.05) is 38.0 Å². The summed E-state index contributed by atoms with van der Waals surface area (Å²) in [6, 6.07) is 5.49. The average Bonchev–Trinajstić information content (AvgIpc) is 3.23. The van der Waals surface area contributed by atoms with Crippen molar-refractivity contribution >= 4 is 35.6 Å². The predicted octanol–water partition coefficient (Wildman–Crippen LogP) is 1.47. The van der Waals surface area contributed by atoms with Crippen molar-refractivity contribution < 1.29 is 54.3 Å². The number of rotatable bonds is 13. The Kier molecular flexibility index (Phi) is 7.54. The van der Waals surface area contributed by atoms with Crippen LogP contribution in [0.4, 0.5) is 0 Å². The van der Waals surface area contributed by atoms with Crippen molar-refractivity contribution in [3.8, 4) is 0 Å². The van der Waals surface area contributed by atoms with Crippen LogP contribution in [0.3, 0.4) is 0 Å². The second kappa shape index (κ2) is 10.1. The van der Waals surface area contributed by atoms with E-state index in [1.807, 2.05) is 6.92 Å². The standard InChI is InChI=1S/C25H27NO11/c1-2-3-4-9-18(27)17-12-24(15(22(33)34)10-19(28)29,16(23(35)36)11-20(30)31)26-21(32)13-7-5-6-8-14(13)25(17,26)37/h5-8,12,15-16,37H,2-4,9-11H2,1H3,(H,28,29)(H,30,31)(H,33,34)(H,35,36). The minimum Gasteiger partial charge on any atom is -0.481 e. The Balaban J connectivity index is 2.43. The molecule has 1 aromatic rings. The minimum absolute atomic E-state index is 0.115. The highest BCUT2D eigenvalue weighted by Gasteiger charge is 2.70. The highest BCUT2D eigenvalue weighted by atomic mass is 16.4. The van der Waals surface area contributed by atoms with Gasteiger partial charge in [0, 0.05) is 17.5 Å². The monoisotopic (exact) mass is 517 g/mol. The van der Waals surface area contributed by atoms with Crippen molar-refractivity contribution in [2.45, 2.75) is 56.7 Å². The fraction of sp³-hybridized carbons (Fsp3) is 0.440. The largest absolute Gasteiger partial charge is 0.481 e. The molecule has 1 amide bonds. The van der Waals surface area contributed by atoms with Gasteiger partial charge in [0.25, 0.3) is 5.91 Å². The predicted molar refractivity (Wildman–Crippen MR) is 123 cm³/mol. The molecule has 3 rings (SSSR count). The van der Waals surface area contributed by atoms with Crippen LogP contribution in [0, 0.1) is 11.8 Å². The fourth-order valence-corrected chi connectivity index (χ4v) is 5.43. The Morgan fingerprint density at radius 1 is 0.892 bits per heavy atom. The maximum atomic E-state index is 13.7. The third kappa shape index (κ3) is 4.37. The van der Waals surface area contributed by atoms with Crippen molar-refractivity contribution in [1.82, 2.24) is 4.90 Å². The molecule has 3 atom stereocenters. The minimum atomic E-state index is -2.71. The molecular weight excluding hydrogens is 490 g/mol. The summed E-state index contributed by atoms with van der Waals surface area (Å²) in [5.41, 5.74) is -6.10. The zero-order chi connectivity index (χ0) is 27.7. The second-order valence-corrected chi connectivity index (χ2v) is 9.16.